The number of rotatable bonds is 4. The lowest BCUT2D eigenvalue weighted by atomic mass is 9.90. The summed E-state index contributed by atoms with van der Waals surface area (Å²) >= 11 is 0. The second-order valence-corrected chi connectivity index (χ2v) is 3.68. The highest BCUT2D eigenvalue weighted by Crippen LogP contribution is 2.23. The highest BCUT2D eigenvalue weighted by Gasteiger charge is 2.17. The van der Waals surface area contributed by atoms with Crippen LogP contribution in [0.4, 0.5) is 8.78 Å². The van der Waals surface area contributed by atoms with Crippen LogP contribution < -0.4 is 5.73 Å². The lowest BCUT2D eigenvalue weighted by molar-refractivity contribution is 0.268. The van der Waals surface area contributed by atoms with Crippen molar-refractivity contribution >= 4 is 0 Å². The van der Waals surface area contributed by atoms with Gasteiger partial charge in [0.1, 0.15) is 11.6 Å². The molecule has 2 nitrogen and oxygen atoms in total. The summed E-state index contributed by atoms with van der Waals surface area (Å²) in [5, 5.41) is 8.84. The van der Waals surface area contributed by atoms with Crippen LogP contribution in [0.5, 0.6) is 0 Å². The third-order valence-corrected chi connectivity index (χ3v) is 2.39. The first-order chi connectivity index (χ1) is 7.04. The minimum absolute atomic E-state index is 0.0513. The van der Waals surface area contributed by atoms with Crippen LogP contribution in [0.25, 0.3) is 0 Å². The maximum atomic E-state index is 12.9. The molecule has 0 aromatic heterocycles. The minimum Gasteiger partial charge on any atom is -0.396 e. The molecule has 4 heteroatoms. The molecule has 0 aliphatic heterocycles. The van der Waals surface area contributed by atoms with E-state index in [1.807, 2.05) is 0 Å². The van der Waals surface area contributed by atoms with Gasteiger partial charge in [-0.05, 0) is 31.0 Å². The van der Waals surface area contributed by atoms with Crippen LogP contribution in [0.1, 0.15) is 24.8 Å². The molecule has 15 heavy (non-hydrogen) atoms. The van der Waals surface area contributed by atoms with Crippen LogP contribution >= 0.6 is 0 Å². The Labute approximate surface area is 87.7 Å². The molecule has 1 aromatic rings. The predicted octanol–water partition coefficient (Wildman–Crippen LogP) is 1.78. The number of aliphatic hydroxyl groups excluding tert-OH is 1. The lowest BCUT2D eigenvalue weighted by Crippen LogP contribution is -2.25. The third-order valence-electron chi connectivity index (χ3n) is 2.39. The van der Waals surface area contributed by atoms with Crippen LogP contribution in [0.3, 0.4) is 0 Å². The first kappa shape index (κ1) is 12.1. The van der Waals surface area contributed by atoms with E-state index in [4.69, 9.17) is 10.8 Å². The van der Waals surface area contributed by atoms with Gasteiger partial charge in [0.2, 0.25) is 0 Å². The zero-order valence-electron chi connectivity index (χ0n) is 8.58. The van der Waals surface area contributed by atoms with Gasteiger partial charge in [-0.2, -0.15) is 0 Å². The largest absolute Gasteiger partial charge is 0.396 e. The summed E-state index contributed by atoms with van der Waals surface area (Å²) in [5.74, 6) is -1.46. The van der Waals surface area contributed by atoms with E-state index in [9.17, 15) is 8.78 Å². The van der Waals surface area contributed by atoms with E-state index in [0.29, 0.717) is 12.0 Å². The second-order valence-electron chi connectivity index (χ2n) is 3.68. The molecule has 84 valence electrons. The zero-order valence-corrected chi connectivity index (χ0v) is 8.58. The number of hydrogen-bond donors (Lipinski definition) is 2. The van der Waals surface area contributed by atoms with Gasteiger partial charge in [0.25, 0.3) is 0 Å². The Morgan fingerprint density at radius 3 is 2.20 bits per heavy atom. The van der Waals surface area contributed by atoms with Crippen LogP contribution in [0.15, 0.2) is 18.2 Å². The minimum atomic E-state index is -0.617. The summed E-state index contributed by atoms with van der Waals surface area (Å²) in [5.41, 5.74) is 6.20. The van der Waals surface area contributed by atoms with Gasteiger partial charge >= 0.3 is 0 Å². The molecule has 3 N–H and O–H groups in total. The molecule has 0 fully saturated rings. The molecule has 0 radical (unpaired) electrons. The standard InChI is InChI=1S/C11H15F2NO/c1-7(14)11(2-3-15)8-4-9(12)6-10(13)5-8/h4-7,11,15H,2-3,14H2,1H3. The monoisotopic (exact) mass is 215 g/mol. The van der Waals surface area contributed by atoms with Crippen molar-refractivity contribution in [3.63, 3.8) is 0 Å². The Hall–Kier alpha value is -1.00. The van der Waals surface area contributed by atoms with Crippen molar-refractivity contribution in [1.29, 1.82) is 0 Å². The van der Waals surface area contributed by atoms with E-state index in [1.165, 1.54) is 12.1 Å². The van der Waals surface area contributed by atoms with E-state index in [-0.39, 0.29) is 18.6 Å². The SMILES string of the molecule is CC(N)C(CCO)c1cc(F)cc(F)c1. The summed E-state index contributed by atoms with van der Waals surface area (Å²) in [6.45, 7) is 1.70. The molecule has 2 unspecified atom stereocenters. The van der Waals surface area contributed by atoms with Crippen LogP contribution in [0.2, 0.25) is 0 Å². The van der Waals surface area contributed by atoms with Gasteiger partial charge in [-0.25, -0.2) is 8.78 Å². The molecule has 0 aliphatic rings. The van der Waals surface area contributed by atoms with E-state index in [0.717, 1.165) is 6.07 Å². The van der Waals surface area contributed by atoms with E-state index >= 15 is 0 Å². The number of halogens is 2. The van der Waals surface area contributed by atoms with Gasteiger partial charge in [0, 0.05) is 24.6 Å². The zero-order chi connectivity index (χ0) is 11.4. The Kier molecular flexibility index (Phi) is 4.17. The third kappa shape index (κ3) is 3.25. The van der Waals surface area contributed by atoms with Crippen molar-refractivity contribution in [3.8, 4) is 0 Å². The molecular formula is C11H15F2NO. The molecule has 0 saturated carbocycles. The van der Waals surface area contributed by atoms with Gasteiger partial charge in [-0.1, -0.05) is 0 Å². The number of benzene rings is 1. The van der Waals surface area contributed by atoms with Gasteiger partial charge in [-0.15, -0.1) is 0 Å². The van der Waals surface area contributed by atoms with E-state index < -0.39 is 11.6 Å². The van der Waals surface area contributed by atoms with Gasteiger partial charge in [0.15, 0.2) is 0 Å². The fraction of sp³-hybridized carbons (Fsp3) is 0.455. The summed E-state index contributed by atoms with van der Waals surface area (Å²) < 4.78 is 25.9. The molecule has 0 spiro atoms. The first-order valence-corrected chi connectivity index (χ1v) is 4.87. The van der Waals surface area contributed by atoms with Crippen molar-refractivity contribution in [2.45, 2.75) is 25.3 Å². The number of aliphatic hydroxyl groups is 1. The maximum Gasteiger partial charge on any atom is 0.126 e. The Morgan fingerprint density at radius 2 is 1.80 bits per heavy atom. The first-order valence-electron chi connectivity index (χ1n) is 4.87. The molecule has 0 bridgehead atoms. The van der Waals surface area contributed by atoms with Gasteiger partial charge < -0.3 is 10.8 Å². The molecule has 0 aliphatic carbocycles. The van der Waals surface area contributed by atoms with Crippen LogP contribution in [0, 0.1) is 11.6 Å². The predicted molar refractivity (Wildman–Crippen MR) is 54.5 cm³/mol. The molecule has 2 atom stereocenters. The van der Waals surface area contributed by atoms with Crippen molar-refractivity contribution < 1.29 is 13.9 Å². The molecular weight excluding hydrogens is 200 g/mol. The fourth-order valence-corrected chi connectivity index (χ4v) is 1.66. The number of hydrogen-bond acceptors (Lipinski definition) is 2. The second kappa shape index (κ2) is 5.19. The topological polar surface area (TPSA) is 46.2 Å². The van der Waals surface area contributed by atoms with Crippen LogP contribution in [-0.4, -0.2) is 17.8 Å². The summed E-state index contributed by atoms with van der Waals surface area (Å²) in [4.78, 5) is 0. The number of nitrogens with two attached hydrogens (primary N) is 1. The van der Waals surface area contributed by atoms with Crippen LogP contribution in [-0.2, 0) is 0 Å². The van der Waals surface area contributed by atoms with Crippen molar-refractivity contribution in [3.05, 3.63) is 35.4 Å². The molecule has 1 rings (SSSR count). The summed E-state index contributed by atoms with van der Waals surface area (Å²) in [6, 6.07) is 3.08. The smallest absolute Gasteiger partial charge is 0.126 e. The van der Waals surface area contributed by atoms with Gasteiger partial charge in [-0.3, -0.25) is 0 Å². The summed E-state index contributed by atoms with van der Waals surface area (Å²) in [6.07, 6.45) is 0.403. The Bertz CT molecular complexity index is 308. The van der Waals surface area contributed by atoms with Crippen molar-refractivity contribution in [2.24, 2.45) is 5.73 Å². The average Bonchev–Trinajstić information content (AvgIpc) is 2.11. The summed E-state index contributed by atoms with van der Waals surface area (Å²) in [7, 11) is 0. The average molecular weight is 215 g/mol. The lowest BCUT2D eigenvalue weighted by Gasteiger charge is -2.20. The molecule has 0 amide bonds. The van der Waals surface area contributed by atoms with E-state index in [2.05, 4.69) is 0 Å². The van der Waals surface area contributed by atoms with E-state index in [1.54, 1.807) is 6.92 Å². The van der Waals surface area contributed by atoms with Crippen molar-refractivity contribution in [1.82, 2.24) is 0 Å². The molecule has 0 saturated heterocycles. The molecule has 1 aromatic carbocycles. The Balaban J connectivity index is 2.99. The highest BCUT2D eigenvalue weighted by molar-refractivity contribution is 5.23. The maximum absolute atomic E-state index is 12.9. The fourth-order valence-electron chi connectivity index (χ4n) is 1.66. The molecule has 0 heterocycles. The quantitative estimate of drug-likeness (QED) is 0.804. The van der Waals surface area contributed by atoms with Gasteiger partial charge in [0.05, 0.1) is 0 Å². The highest BCUT2D eigenvalue weighted by atomic mass is 19.1. The van der Waals surface area contributed by atoms with Crippen molar-refractivity contribution in [2.75, 3.05) is 6.61 Å². The normalized spacial score (nSPS) is 15.0. The Morgan fingerprint density at radius 1 is 1.27 bits per heavy atom.